The van der Waals surface area contributed by atoms with E-state index >= 15 is 0 Å². The topological polar surface area (TPSA) is 38.3 Å². The van der Waals surface area contributed by atoms with Crippen molar-refractivity contribution in [3.8, 4) is 0 Å². The molecule has 0 unspecified atom stereocenters. The summed E-state index contributed by atoms with van der Waals surface area (Å²) < 4.78 is 4.71. The van der Waals surface area contributed by atoms with E-state index < -0.39 is 0 Å². The molecule has 0 atom stereocenters. The average Bonchev–Trinajstić information content (AvgIpc) is 1.89. The number of nitrogens with one attached hydrogen (secondary N) is 1. The van der Waals surface area contributed by atoms with Crippen molar-refractivity contribution in [1.29, 1.82) is 0 Å². The van der Waals surface area contributed by atoms with E-state index in [2.05, 4.69) is 11.9 Å². The number of ether oxygens (including phenoxy) is 1. The summed E-state index contributed by atoms with van der Waals surface area (Å²) in [5, 5.41) is 2.61. The molecule has 0 aromatic heterocycles. The van der Waals surface area contributed by atoms with Gasteiger partial charge in [-0.15, -0.1) is 0 Å². The molecule has 1 amide bonds. The van der Waals surface area contributed by atoms with Crippen molar-refractivity contribution in [2.45, 2.75) is 6.92 Å². The number of likely N-dealkylation sites (N-methyl/N-ethyl adjacent to an activating group) is 1. The van der Waals surface area contributed by atoms with E-state index in [0.29, 0.717) is 18.7 Å². The van der Waals surface area contributed by atoms with Crippen molar-refractivity contribution in [1.82, 2.24) is 5.32 Å². The van der Waals surface area contributed by atoms with Crippen LogP contribution < -0.4 is 5.32 Å². The molecular weight excluding hydrogens is 130 g/mol. The molecule has 0 spiro atoms. The molecule has 3 heteroatoms. The Labute approximate surface area is 61.1 Å². The molecule has 0 heterocycles. The Morgan fingerprint density at radius 2 is 2.30 bits per heavy atom. The van der Waals surface area contributed by atoms with Gasteiger partial charge in [-0.3, -0.25) is 4.79 Å². The Morgan fingerprint density at radius 3 is 2.70 bits per heavy atom. The van der Waals surface area contributed by atoms with Gasteiger partial charge < -0.3 is 10.1 Å². The lowest BCUT2D eigenvalue weighted by molar-refractivity contribution is -0.117. The fourth-order valence-electron chi connectivity index (χ4n) is 0.525. The van der Waals surface area contributed by atoms with Crippen LogP contribution in [0.5, 0.6) is 0 Å². The van der Waals surface area contributed by atoms with Gasteiger partial charge in [0.25, 0.3) is 0 Å². The molecule has 0 saturated heterocycles. The minimum absolute atomic E-state index is 0.135. The maximum atomic E-state index is 10.8. The fourth-order valence-corrected chi connectivity index (χ4v) is 0.525. The van der Waals surface area contributed by atoms with Crippen molar-refractivity contribution in [3.63, 3.8) is 0 Å². The van der Waals surface area contributed by atoms with Crippen molar-refractivity contribution in [2.75, 3.05) is 20.3 Å². The van der Waals surface area contributed by atoms with Gasteiger partial charge >= 0.3 is 0 Å². The van der Waals surface area contributed by atoms with Crippen LogP contribution in [0.3, 0.4) is 0 Å². The second-order valence-corrected chi connectivity index (χ2v) is 1.90. The molecule has 0 aliphatic carbocycles. The molecule has 0 aliphatic heterocycles. The molecule has 58 valence electrons. The van der Waals surface area contributed by atoms with E-state index in [1.165, 1.54) is 7.11 Å². The minimum atomic E-state index is -0.135. The highest BCUT2D eigenvalue weighted by Gasteiger charge is 2.02. The van der Waals surface area contributed by atoms with Gasteiger partial charge in [-0.25, -0.2) is 0 Å². The lowest BCUT2D eigenvalue weighted by Crippen LogP contribution is -2.25. The summed E-state index contributed by atoms with van der Waals surface area (Å²) in [6, 6.07) is 0. The summed E-state index contributed by atoms with van der Waals surface area (Å²) >= 11 is 0. The first-order valence-corrected chi connectivity index (χ1v) is 3.17. The van der Waals surface area contributed by atoms with Crippen molar-refractivity contribution in [3.05, 3.63) is 12.2 Å². The van der Waals surface area contributed by atoms with Crippen LogP contribution in [0, 0.1) is 0 Å². The lowest BCUT2D eigenvalue weighted by Gasteiger charge is -2.02. The van der Waals surface area contributed by atoms with Gasteiger partial charge in [0, 0.05) is 19.2 Å². The molecule has 0 aromatic rings. The van der Waals surface area contributed by atoms with Crippen molar-refractivity contribution < 1.29 is 9.53 Å². The predicted octanol–water partition coefficient (Wildman–Crippen LogP) is 0.325. The maximum absolute atomic E-state index is 10.8. The van der Waals surface area contributed by atoms with Crippen molar-refractivity contribution >= 4 is 5.91 Å². The highest BCUT2D eigenvalue weighted by molar-refractivity contribution is 5.92. The minimum Gasteiger partial charge on any atom is -0.380 e. The Morgan fingerprint density at radius 1 is 1.70 bits per heavy atom. The molecule has 0 bridgehead atoms. The van der Waals surface area contributed by atoms with E-state index in [1.54, 1.807) is 0 Å². The highest BCUT2D eigenvalue weighted by Crippen LogP contribution is 1.88. The van der Waals surface area contributed by atoms with Gasteiger partial charge in [0.15, 0.2) is 0 Å². The van der Waals surface area contributed by atoms with Crippen LogP contribution in [-0.4, -0.2) is 26.2 Å². The zero-order valence-electron chi connectivity index (χ0n) is 6.44. The molecule has 0 radical (unpaired) electrons. The Bertz CT molecular complexity index is 116. The van der Waals surface area contributed by atoms with Crippen LogP contribution in [0.2, 0.25) is 0 Å². The number of rotatable bonds is 4. The van der Waals surface area contributed by atoms with Gasteiger partial charge in [0.2, 0.25) is 5.91 Å². The SMILES string of the molecule is C=C(COC)C(=O)NCC. The first kappa shape index (κ1) is 9.17. The summed E-state index contributed by atoms with van der Waals surface area (Å²) in [4.78, 5) is 10.8. The molecule has 0 aromatic carbocycles. The number of methoxy groups -OCH3 is 1. The van der Waals surface area contributed by atoms with E-state index in [1.807, 2.05) is 6.92 Å². The number of hydrogen-bond donors (Lipinski definition) is 1. The first-order valence-electron chi connectivity index (χ1n) is 3.17. The highest BCUT2D eigenvalue weighted by atomic mass is 16.5. The summed E-state index contributed by atoms with van der Waals surface area (Å²) in [6.07, 6.45) is 0. The van der Waals surface area contributed by atoms with E-state index in [-0.39, 0.29) is 5.91 Å². The van der Waals surface area contributed by atoms with Crippen LogP contribution in [0.1, 0.15) is 6.92 Å². The number of carbonyl (C=O) groups excluding carboxylic acids is 1. The maximum Gasteiger partial charge on any atom is 0.248 e. The predicted molar refractivity (Wildman–Crippen MR) is 39.7 cm³/mol. The summed E-state index contributed by atoms with van der Waals surface area (Å²) in [5.41, 5.74) is 0.462. The van der Waals surface area contributed by atoms with Gasteiger partial charge in [-0.05, 0) is 6.92 Å². The number of carbonyl (C=O) groups is 1. The zero-order valence-corrected chi connectivity index (χ0v) is 6.44. The summed E-state index contributed by atoms with van der Waals surface area (Å²) in [6.45, 7) is 6.31. The van der Waals surface area contributed by atoms with Crippen LogP contribution in [0.4, 0.5) is 0 Å². The van der Waals surface area contributed by atoms with Crippen LogP contribution in [-0.2, 0) is 9.53 Å². The fraction of sp³-hybridized carbons (Fsp3) is 0.571. The quantitative estimate of drug-likeness (QED) is 0.576. The lowest BCUT2D eigenvalue weighted by atomic mass is 10.3. The van der Waals surface area contributed by atoms with Gasteiger partial charge in [0.05, 0.1) is 6.61 Å². The zero-order chi connectivity index (χ0) is 7.98. The molecule has 0 saturated carbocycles. The molecule has 1 N–H and O–H groups in total. The second kappa shape index (κ2) is 4.99. The van der Waals surface area contributed by atoms with Crippen LogP contribution in [0.15, 0.2) is 12.2 Å². The molecule has 10 heavy (non-hydrogen) atoms. The number of hydrogen-bond acceptors (Lipinski definition) is 2. The van der Waals surface area contributed by atoms with E-state index in [9.17, 15) is 4.79 Å². The average molecular weight is 143 g/mol. The third-order valence-corrected chi connectivity index (χ3v) is 0.977. The third kappa shape index (κ3) is 3.25. The smallest absolute Gasteiger partial charge is 0.248 e. The first-order chi connectivity index (χ1) is 4.72. The molecular formula is C7H13NO2. The monoisotopic (exact) mass is 143 g/mol. The van der Waals surface area contributed by atoms with E-state index in [4.69, 9.17) is 4.74 Å². The number of amides is 1. The molecule has 0 rings (SSSR count). The Kier molecular flexibility index (Phi) is 4.58. The molecule has 3 nitrogen and oxygen atoms in total. The molecule has 0 fully saturated rings. The Balaban J connectivity index is 3.60. The van der Waals surface area contributed by atoms with Gasteiger partial charge in [-0.1, -0.05) is 6.58 Å². The van der Waals surface area contributed by atoms with Gasteiger partial charge in [0.1, 0.15) is 0 Å². The van der Waals surface area contributed by atoms with Gasteiger partial charge in [-0.2, -0.15) is 0 Å². The summed E-state index contributed by atoms with van der Waals surface area (Å²) in [5.74, 6) is -0.135. The third-order valence-electron chi connectivity index (χ3n) is 0.977. The standard InChI is InChI=1S/C7H13NO2/c1-4-8-7(9)6(2)5-10-3/h2,4-5H2,1,3H3,(H,8,9). The second-order valence-electron chi connectivity index (χ2n) is 1.90. The van der Waals surface area contributed by atoms with Crippen LogP contribution >= 0.6 is 0 Å². The van der Waals surface area contributed by atoms with Crippen LogP contribution in [0.25, 0.3) is 0 Å². The molecule has 0 aliphatic rings. The van der Waals surface area contributed by atoms with E-state index in [0.717, 1.165) is 0 Å². The normalized spacial score (nSPS) is 9.00. The Hall–Kier alpha value is -0.830. The summed E-state index contributed by atoms with van der Waals surface area (Å²) in [7, 11) is 1.53. The van der Waals surface area contributed by atoms with Crippen molar-refractivity contribution in [2.24, 2.45) is 0 Å². The largest absolute Gasteiger partial charge is 0.380 e.